The van der Waals surface area contributed by atoms with E-state index in [2.05, 4.69) is 32.1 Å². The van der Waals surface area contributed by atoms with Gasteiger partial charge in [-0.2, -0.15) is 13.2 Å². The lowest BCUT2D eigenvalue weighted by atomic mass is 9.97. The van der Waals surface area contributed by atoms with Crippen LogP contribution in [-0.4, -0.2) is 69.6 Å². The van der Waals surface area contributed by atoms with E-state index in [1.54, 1.807) is 0 Å². The fourth-order valence-electron chi connectivity index (χ4n) is 5.45. The molecule has 1 aromatic carbocycles. The number of piperidine rings is 2. The third-order valence-electron chi connectivity index (χ3n) is 7.99. The van der Waals surface area contributed by atoms with Crippen LogP contribution in [0, 0.1) is 5.92 Å². The van der Waals surface area contributed by atoms with E-state index in [1.807, 2.05) is 4.90 Å². The van der Waals surface area contributed by atoms with Crippen molar-refractivity contribution in [2.24, 2.45) is 5.92 Å². The number of carbonyl (C=O) groups is 2. The Kier molecular flexibility index (Phi) is 12.4. The number of aromatic nitrogens is 3. The van der Waals surface area contributed by atoms with E-state index in [-0.39, 0.29) is 52.9 Å². The normalized spacial score (nSPS) is 17.6. The fraction of sp³-hybridized carbons (Fsp3) is 0.483. The molecule has 3 aromatic rings. The Morgan fingerprint density at radius 3 is 2.40 bits per heavy atom. The number of thiazole rings is 1. The summed E-state index contributed by atoms with van der Waals surface area (Å²) in [6.07, 6.45) is 2.43. The Morgan fingerprint density at radius 2 is 1.80 bits per heavy atom. The number of alkyl halides is 3. The molecule has 1 amide bonds. The van der Waals surface area contributed by atoms with Crippen LogP contribution in [0.2, 0.25) is 0 Å². The zero-order chi connectivity index (χ0) is 30.7. The highest BCUT2D eigenvalue weighted by Crippen LogP contribution is 2.39. The van der Waals surface area contributed by atoms with Crippen molar-refractivity contribution in [2.45, 2.75) is 57.8 Å². The Hall–Kier alpha value is -3.20. The summed E-state index contributed by atoms with van der Waals surface area (Å²) >= 11 is 1.22. The molecule has 0 saturated carbocycles. The predicted molar refractivity (Wildman–Crippen MR) is 170 cm³/mol. The van der Waals surface area contributed by atoms with Crippen molar-refractivity contribution in [3.05, 3.63) is 46.7 Å². The van der Waals surface area contributed by atoms with Crippen LogP contribution in [0.3, 0.4) is 0 Å². The second-order valence-corrected chi connectivity index (χ2v) is 12.0. The monoisotopic (exact) mass is 690 g/mol. The van der Waals surface area contributed by atoms with Gasteiger partial charge in [-0.05, 0) is 57.4 Å². The standard InChI is InChI=1S/C29H33F3N6O4S.2ClH/c1-17-5-3-4-8-38(17)16-23-25(19-11-20(29(30,31)32)13-21(12-19)42-2)35-28(43-23)36-26(39)22-14-34-24(15-33-22)37-9-6-18(7-10-37)27(40)41;;/h11-15,17-18H,3-10,16H2,1-2H3,(H,40,41)(H,35,36,39);2*1H/t17-;;/m1../s1. The third kappa shape index (κ3) is 8.75. The summed E-state index contributed by atoms with van der Waals surface area (Å²) in [5, 5.41) is 12.2. The first-order valence-electron chi connectivity index (χ1n) is 14.1. The molecule has 4 heterocycles. The van der Waals surface area contributed by atoms with Crippen LogP contribution in [-0.2, 0) is 17.5 Å². The summed E-state index contributed by atoms with van der Waals surface area (Å²) in [6.45, 7) is 4.53. The zero-order valence-corrected chi connectivity index (χ0v) is 27.1. The second kappa shape index (κ2) is 15.4. The highest BCUT2D eigenvalue weighted by molar-refractivity contribution is 7.16. The molecule has 0 bridgehead atoms. The van der Waals surface area contributed by atoms with Crippen LogP contribution in [0.1, 0.15) is 60.0 Å². The summed E-state index contributed by atoms with van der Waals surface area (Å²) in [4.78, 5) is 42.4. The quantitative estimate of drug-likeness (QED) is 0.277. The molecule has 0 spiro atoms. The maximum atomic E-state index is 13.7. The van der Waals surface area contributed by atoms with Crippen molar-refractivity contribution in [2.75, 3.05) is 37.0 Å². The molecule has 2 N–H and O–H groups in total. The molecule has 0 radical (unpaired) electrons. The van der Waals surface area contributed by atoms with Crippen LogP contribution < -0.4 is 15.0 Å². The van der Waals surface area contributed by atoms with Gasteiger partial charge in [-0.25, -0.2) is 15.0 Å². The minimum Gasteiger partial charge on any atom is -0.497 e. The molecule has 16 heteroatoms. The first-order valence-corrected chi connectivity index (χ1v) is 14.9. The fourth-order valence-corrected chi connectivity index (χ4v) is 6.46. The number of anilines is 2. The summed E-state index contributed by atoms with van der Waals surface area (Å²) in [7, 11) is 1.31. The Balaban J connectivity index is 0.00000276. The molecule has 2 aromatic heterocycles. The molecule has 0 aliphatic carbocycles. The van der Waals surface area contributed by atoms with Crippen LogP contribution >= 0.6 is 36.2 Å². The van der Waals surface area contributed by atoms with Gasteiger partial charge in [0.25, 0.3) is 5.91 Å². The number of amides is 1. The van der Waals surface area contributed by atoms with Gasteiger partial charge in [-0.15, -0.1) is 24.8 Å². The lowest BCUT2D eigenvalue weighted by molar-refractivity contribution is -0.142. The average Bonchev–Trinajstić information content (AvgIpc) is 3.39. The van der Waals surface area contributed by atoms with Crippen LogP contribution in [0.5, 0.6) is 5.75 Å². The number of likely N-dealkylation sites (tertiary alicyclic amines) is 1. The molecule has 10 nitrogen and oxygen atoms in total. The lowest BCUT2D eigenvalue weighted by Gasteiger charge is -2.33. The Labute approximate surface area is 275 Å². The number of benzene rings is 1. The van der Waals surface area contributed by atoms with Gasteiger partial charge in [0.2, 0.25) is 0 Å². The second-order valence-electron chi connectivity index (χ2n) is 10.9. The number of hydrogen-bond acceptors (Lipinski definition) is 9. The summed E-state index contributed by atoms with van der Waals surface area (Å²) in [6, 6.07) is 3.82. The number of carboxylic acids is 1. The van der Waals surface area contributed by atoms with Crippen LogP contribution in [0.25, 0.3) is 11.3 Å². The molecule has 246 valence electrons. The Bertz CT molecular complexity index is 1470. The molecule has 2 saturated heterocycles. The highest BCUT2D eigenvalue weighted by atomic mass is 35.5. The van der Waals surface area contributed by atoms with E-state index in [1.165, 1.54) is 36.9 Å². The summed E-state index contributed by atoms with van der Waals surface area (Å²) < 4.78 is 46.3. The summed E-state index contributed by atoms with van der Waals surface area (Å²) in [5.74, 6) is -1.12. The Morgan fingerprint density at radius 1 is 1.07 bits per heavy atom. The van der Waals surface area contributed by atoms with Gasteiger partial charge in [0.05, 0.1) is 36.7 Å². The van der Waals surface area contributed by atoms with Gasteiger partial charge in [0.15, 0.2) is 5.13 Å². The van der Waals surface area contributed by atoms with E-state index >= 15 is 0 Å². The topological polar surface area (TPSA) is 121 Å². The van der Waals surface area contributed by atoms with E-state index in [0.717, 1.165) is 42.8 Å². The van der Waals surface area contributed by atoms with E-state index < -0.39 is 23.6 Å². The largest absolute Gasteiger partial charge is 0.497 e. The molecule has 5 rings (SSSR count). The molecule has 1 atom stereocenters. The van der Waals surface area contributed by atoms with Gasteiger partial charge < -0.3 is 14.7 Å². The molecular formula is C29H35Cl2F3N6O4S. The lowest BCUT2D eigenvalue weighted by Crippen LogP contribution is -2.36. The number of ether oxygens (including phenoxy) is 1. The number of carbonyl (C=O) groups excluding carboxylic acids is 1. The number of halogens is 5. The van der Waals surface area contributed by atoms with Crippen molar-refractivity contribution in [1.29, 1.82) is 0 Å². The van der Waals surface area contributed by atoms with Crippen molar-refractivity contribution >= 4 is 59.0 Å². The van der Waals surface area contributed by atoms with Crippen LogP contribution in [0.4, 0.5) is 24.1 Å². The zero-order valence-electron chi connectivity index (χ0n) is 24.7. The molecule has 2 aliphatic heterocycles. The van der Waals surface area contributed by atoms with E-state index in [9.17, 15) is 27.9 Å². The number of methoxy groups -OCH3 is 1. The predicted octanol–water partition coefficient (Wildman–Crippen LogP) is 6.40. The number of nitrogens with zero attached hydrogens (tertiary/aromatic N) is 5. The maximum Gasteiger partial charge on any atom is 0.416 e. The van der Waals surface area contributed by atoms with Gasteiger partial charge in [0, 0.05) is 36.1 Å². The first-order chi connectivity index (χ1) is 20.5. The molecule has 45 heavy (non-hydrogen) atoms. The SMILES string of the molecule is COc1cc(-c2nc(NC(=O)c3cnc(N4CCC(C(=O)O)CC4)cn3)sc2CN2CCCC[C@H]2C)cc(C(F)(F)F)c1.Cl.Cl. The molecule has 0 unspecified atom stereocenters. The molecular weight excluding hydrogens is 656 g/mol. The minimum absolute atomic E-state index is 0. The molecule has 2 aliphatic rings. The average molecular weight is 692 g/mol. The first kappa shape index (κ1) is 36.3. The summed E-state index contributed by atoms with van der Waals surface area (Å²) in [5.41, 5.74) is -0.194. The van der Waals surface area contributed by atoms with Crippen molar-refractivity contribution in [3.63, 3.8) is 0 Å². The number of nitrogens with one attached hydrogen (secondary N) is 1. The number of hydrogen-bond donors (Lipinski definition) is 2. The van der Waals surface area contributed by atoms with Gasteiger partial charge in [0.1, 0.15) is 17.3 Å². The van der Waals surface area contributed by atoms with E-state index in [0.29, 0.717) is 50.0 Å². The number of carboxylic acid groups (broad SMARTS) is 1. The minimum atomic E-state index is -4.57. The maximum absolute atomic E-state index is 13.7. The number of rotatable bonds is 8. The molecule has 2 fully saturated rings. The third-order valence-corrected chi connectivity index (χ3v) is 8.94. The van der Waals surface area contributed by atoms with E-state index in [4.69, 9.17) is 4.74 Å². The van der Waals surface area contributed by atoms with Gasteiger partial charge in [-0.3, -0.25) is 19.8 Å². The number of aliphatic carboxylic acids is 1. The van der Waals surface area contributed by atoms with Crippen molar-refractivity contribution in [1.82, 2.24) is 19.9 Å². The van der Waals surface area contributed by atoms with Crippen molar-refractivity contribution in [3.8, 4) is 17.0 Å². The van der Waals surface area contributed by atoms with Gasteiger partial charge >= 0.3 is 12.1 Å². The van der Waals surface area contributed by atoms with Gasteiger partial charge in [-0.1, -0.05) is 17.8 Å². The smallest absolute Gasteiger partial charge is 0.416 e. The van der Waals surface area contributed by atoms with Crippen LogP contribution in [0.15, 0.2) is 30.6 Å². The van der Waals surface area contributed by atoms with Crippen molar-refractivity contribution < 1.29 is 32.6 Å². The highest BCUT2D eigenvalue weighted by Gasteiger charge is 2.33.